The molecule has 3 nitrogen and oxygen atoms in total. The Hall–Kier alpha value is -0.610. The van der Waals surface area contributed by atoms with Crippen molar-refractivity contribution in [2.24, 2.45) is 0 Å². The first-order valence-electron chi connectivity index (χ1n) is 3.11. The molecule has 0 bridgehead atoms. The van der Waals surface area contributed by atoms with Crippen LogP contribution in [0, 0.1) is 0 Å². The van der Waals surface area contributed by atoms with E-state index < -0.39 is 0 Å². The molecule has 1 heterocycles. The second-order valence-electron chi connectivity index (χ2n) is 1.84. The van der Waals surface area contributed by atoms with Gasteiger partial charge in [0.15, 0.2) is 0 Å². The second kappa shape index (κ2) is 3.53. The molecule has 4 heteroatoms. The molecule has 56 valence electrons. The Morgan fingerprint density at radius 3 is 3.10 bits per heavy atom. The Labute approximate surface area is 64.0 Å². The number of aromatic nitrogens is 1. The number of nitrogens with zero attached hydrogens (tertiary/aromatic N) is 1. The molecule has 0 aliphatic rings. The van der Waals surface area contributed by atoms with Gasteiger partial charge in [0.1, 0.15) is 0 Å². The van der Waals surface area contributed by atoms with Crippen molar-refractivity contribution in [2.45, 2.75) is 13.5 Å². The topological polar surface area (TPSA) is 48.1 Å². The van der Waals surface area contributed by atoms with Crippen molar-refractivity contribution >= 4 is 17.2 Å². The molecule has 0 unspecified atom stereocenters. The third-order valence-electron chi connectivity index (χ3n) is 1.11. The maximum Gasteiger partial charge on any atom is 0.0845 e. The number of hydrogen-bond acceptors (Lipinski definition) is 4. The third-order valence-corrected chi connectivity index (χ3v) is 1.90. The molecule has 0 saturated heterocycles. The van der Waals surface area contributed by atoms with Gasteiger partial charge in [-0.2, -0.15) is 4.37 Å². The van der Waals surface area contributed by atoms with Crippen molar-refractivity contribution in [3.8, 4) is 0 Å². The zero-order valence-corrected chi connectivity index (χ0v) is 6.65. The number of rotatable bonds is 3. The summed E-state index contributed by atoms with van der Waals surface area (Å²) in [5, 5.41) is 0. The fraction of sp³-hybridized carbons (Fsp3) is 0.500. The van der Waals surface area contributed by atoms with Gasteiger partial charge in [-0.1, -0.05) is 0 Å². The number of anilines is 1. The summed E-state index contributed by atoms with van der Waals surface area (Å²) >= 11 is 1.39. The molecule has 0 fully saturated rings. The number of nitrogens with two attached hydrogens (primary N) is 1. The molecule has 0 atom stereocenters. The minimum atomic E-state index is 0.590. The largest absolute Gasteiger partial charge is 0.396 e. The van der Waals surface area contributed by atoms with Crippen LogP contribution in [0.3, 0.4) is 0 Å². The van der Waals surface area contributed by atoms with E-state index >= 15 is 0 Å². The lowest BCUT2D eigenvalue weighted by molar-refractivity contribution is 0.136. The van der Waals surface area contributed by atoms with Gasteiger partial charge in [-0.3, -0.25) is 0 Å². The van der Waals surface area contributed by atoms with Crippen molar-refractivity contribution in [1.82, 2.24) is 4.37 Å². The Bertz CT molecular complexity index is 199. The van der Waals surface area contributed by atoms with Crippen LogP contribution in [-0.4, -0.2) is 11.0 Å². The maximum atomic E-state index is 5.55. The predicted octanol–water partition coefficient (Wildman–Crippen LogP) is 1.26. The summed E-state index contributed by atoms with van der Waals surface area (Å²) in [6, 6.07) is 0. The SMILES string of the molecule is CCOCc1sncc1N. The molecule has 1 aromatic rings. The molecule has 0 amide bonds. The fourth-order valence-corrected chi connectivity index (χ4v) is 1.16. The van der Waals surface area contributed by atoms with Gasteiger partial charge in [0.2, 0.25) is 0 Å². The molecule has 0 aromatic carbocycles. The van der Waals surface area contributed by atoms with E-state index in [1.807, 2.05) is 6.92 Å². The lowest BCUT2D eigenvalue weighted by Crippen LogP contribution is -1.92. The van der Waals surface area contributed by atoms with E-state index in [4.69, 9.17) is 10.5 Å². The van der Waals surface area contributed by atoms with Crippen LogP contribution in [-0.2, 0) is 11.3 Å². The minimum absolute atomic E-state index is 0.590. The van der Waals surface area contributed by atoms with Crippen LogP contribution < -0.4 is 5.73 Å². The molecule has 10 heavy (non-hydrogen) atoms. The van der Waals surface area contributed by atoms with Gasteiger partial charge in [-0.15, -0.1) is 0 Å². The van der Waals surface area contributed by atoms with Crippen molar-refractivity contribution in [3.63, 3.8) is 0 Å². The molecule has 0 radical (unpaired) electrons. The Morgan fingerprint density at radius 2 is 2.60 bits per heavy atom. The van der Waals surface area contributed by atoms with Gasteiger partial charge in [0.25, 0.3) is 0 Å². The average molecular weight is 158 g/mol. The first kappa shape index (κ1) is 7.50. The van der Waals surface area contributed by atoms with Crippen LogP contribution in [0.4, 0.5) is 5.69 Å². The Morgan fingerprint density at radius 1 is 1.80 bits per heavy atom. The molecule has 2 N–H and O–H groups in total. The van der Waals surface area contributed by atoms with Crippen molar-refractivity contribution in [2.75, 3.05) is 12.3 Å². The van der Waals surface area contributed by atoms with Crippen molar-refractivity contribution in [1.29, 1.82) is 0 Å². The molecule has 0 aliphatic heterocycles. The maximum absolute atomic E-state index is 5.55. The second-order valence-corrected chi connectivity index (χ2v) is 2.73. The van der Waals surface area contributed by atoms with E-state index in [9.17, 15) is 0 Å². The zero-order chi connectivity index (χ0) is 7.40. The van der Waals surface area contributed by atoms with E-state index in [-0.39, 0.29) is 0 Å². The van der Waals surface area contributed by atoms with E-state index in [0.29, 0.717) is 6.61 Å². The fourth-order valence-electron chi connectivity index (χ4n) is 0.576. The van der Waals surface area contributed by atoms with Gasteiger partial charge in [-0.05, 0) is 18.5 Å². The highest BCUT2D eigenvalue weighted by atomic mass is 32.1. The molecule has 0 spiro atoms. The summed E-state index contributed by atoms with van der Waals surface area (Å²) in [6.45, 7) is 3.27. The van der Waals surface area contributed by atoms with E-state index in [1.165, 1.54) is 11.5 Å². The summed E-state index contributed by atoms with van der Waals surface area (Å²) < 4.78 is 9.06. The van der Waals surface area contributed by atoms with Crippen molar-refractivity contribution < 1.29 is 4.74 Å². The van der Waals surface area contributed by atoms with Gasteiger partial charge in [-0.25, -0.2) is 0 Å². The summed E-state index contributed by atoms with van der Waals surface area (Å²) in [5.41, 5.74) is 6.28. The van der Waals surface area contributed by atoms with Gasteiger partial charge in [0, 0.05) is 6.61 Å². The number of ether oxygens (including phenoxy) is 1. The molecular weight excluding hydrogens is 148 g/mol. The highest BCUT2D eigenvalue weighted by Crippen LogP contribution is 2.15. The summed E-state index contributed by atoms with van der Waals surface area (Å²) in [6.07, 6.45) is 1.65. The third kappa shape index (κ3) is 1.68. The quantitative estimate of drug-likeness (QED) is 0.720. The van der Waals surface area contributed by atoms with Crippen LogP contribution in [0.1, 0.15) is 11.8 Å². The first-order valence-corrected chi connectivity index (χ1v) is 3.88. The molecular formula is C6H10N2OS. The van der Waals surface area contributed by atoms with E-state index in [2.05, 4.69) is 4.37 Å². The highest BCUT2D eigenvalue weighted by molar-refractivity contribution is 7.06. The average Bonchev–Trinajstić information content (AvgIpc) is 2.31. The van der Waals surface area contributed by atoms with Crippen LogP contribution in [0.25, 0.3) is 0 Å². The standard InChI is InChI=1S/C6H10N2OS/c1-2-9-4-6-5(7)3-8-10-6/h3H,2,4,7H2,1H3. The lowest BCUT2D eigenvalue weighted by Gasteiger charge is -1.96. The number of nitrogen functional groups attached to an aromatic ring is 1. The number of hydrogen-bond donors (Lipinski definition) is 1. The van der Waals surface area contributed by atoms with Crippen LogP contribution in [0.5, 0.6) is 0 Å². The van der Waals surface area contributed by atoms with Gasteiger partial charge >= 0.3 is 0 Å². The van der Waals surface area contributed by atoms with Gasteiger partial charge in [0.05, 0.1) is 23.4 Å². The molecule has 0 saturated carbocycles. The molecule has 0 aliphatic carbocycles. The van der Waals surface area contributed by atoms with Gasteiger partial charge < -0.3 is 10.5 Å². The summed E-state index contributed by atoms with van der Waals surface area (Å²) in [4.78, 5) is 1.02. The predicted molar refractivity (Wildman–Crippen MR) is 41.9 cm³/mol. The molecule has 1 aromatic heterocycles. The zero-order valence-electron chi connectivity index (χ0n) is 5.83. The Balaban J connectivity index is 2.49. The van der Waals surface area contributed by atoms with Crippen LogP contribution >= 0.6 is 11.5 Å². The summed E-state index contributed by atoms with van der Waals surface area (Å²) in [5.74, 6) is 0. The first-order chi connectivity index (χ1) is 4.84. The van der Waals surface area contributed by atoms with E-state index in [1.54, 1.807) is 6.20 Å². The normalized spacial score (nSPS) is 10.1. The smallest absolute Gasteiger partial charge is 0.0845 e. The van der Waals surface area contributed by atoms with Crippen LogP contribution in [0.2, 0.25) is 0 Å². The summed E-state index contributed by atoms with van der Waals surface area (Å²) in [7, 11) is 0. The minimum Gasteiger partial charge on any atom is -0.396 e. The highest BCUT2D eigenvalue weighted by Gasteiger charge is 1.99. The monoisotopic (exact) mass is 158 g/mol. The van der Waals surface area contributed by atoms with Crippen molar-refractivity contribution in [3.05, 3.63) is 11.1 Å². The van der Waals surface area contributed by atoms with E-state index in [0.717, 1.165) is 17.2 Å². The Kier molecular flexibility index (Phi) is 2.65. The van der Waals surface area contributed by atoms with Crippen LogP contribution in [0.15, 0.2) is 6.20 Å². The lowest BCUT2D eigenvalue weighted by atomic mass is 10.4. The molecule has 1 rings (SSSR count).